The summed E-state index contributed by atoms with van der Waals surface area (Å²) in [5, 5.41) is 18.1. The molecule has 0 saturated carbocycles. The van der Waals surface area contributed by atoms with Crippen molar-refractivity contribution >= 4 is 5.97 Å². The van der Waals surface area contributed by atoms with Gasteiger partial charge in [-0.25, -0.2) is 14.8 Å². The molecule has 0 saturated heterocycles. The van der Waals surface area contributed by atoms with Gasteiger partial charge >= 0.3 is 5.97 Å². The Kier molecular flexibility index (Phi) is 2.29. The van der Waals surface area contributed by atoms with Gasteiger partial charge in [0.25, 0.3) is 0 Å². The van der Waals surface area contributed by atoms with Crippen LogP contribution in [0.4, 0.5) is 0 Å². The van der Waals surface area contributed by atoms with Crippen molar-refractivity contribution in [1.82, 2.24) is 9.97 Å². The molecule has 1 aromatic heterocycles. The summed E-state index contributed by atoms with van der Waals surface area (Å²) < 4.78 is 0. The fourth-order valence-electron chi connectivity index (χ4n) is 0.773. The Morgan fingerprint density at radius 1 is 1.54 bits per heavy atom. The lowest BCUT2D eigenvalue weighted by Gasteiger charge is -2.14. The Hall–Kier alpha value is -1.49. The van der Waals surface area contributed by atoms with E-state index in [2.05, 4.69) is 9.97 Å². The van der Waals surface area contributed by atoms with Crippen molar-refractivity contribution in [2.45, 2.75) is 19.4 Å². The van der Waals surface area contributed by atoms with Gasteiger partial charge in [0.2, 0.25) is 0 Å². The van der Waals surface area contributed by atoms with Crippen molar-refractivity contribution in [1.29, 1.82) is 0 Å². The van der Waals surface area contributed by atoms with E-state index in [1.165, 1.54) is 26.1 Å². The van der Waals surface area contributed by atoms with Crippen LogP contribution >= 0.6 is 0 Å². The lowest BCUT2D eigenvalue weighted by Crippen LogP contribution is -2.21. The summed E-state index contributed by atoms with van der Waals surface area (Å²) in [5.74, 6) is -1.03. The van der Waals surface area contributed by atoms with Crippen molar-refractivity contribution in [2.24, 2.45) is 0 Å². The molecular weight excluding hydrogens is 172 g/mol. The van der Waals surface area contributed by atoms with Crippen molar-refractivity contribution < 1.29 is 15.0 Å². The van der Waals surface area contributed by atoms with Gasteiger partial charge < -0.3 is 10.2 Å². The third kappa shape index (κ3) is 2.22. The first-order valence-electron chi connectivity index (χ1n) is 3.70. The molecule has 13 heavy (non-hydrogen) atoms. The zero-order valence-electron chi connectivity index (χ0n) is 7.35. The molecule has 0 radical (unpaired) electrons. The second-order valence-corrected chi connectivity index (χ2v) is 3.13. The number of carboxylic acid groups (broad SMARTS) is 1. The molecule has 0 amide bonds. The first-order valence-corrected chi connectivity index (χ1v) is 3.70. The standard InChI is InChI=1S/C8H10N2O3/c1-8(2,13)7-9-4-3-5(10-7)6(11)12/h3-4,13H,1-2H3,(H,11,12). The summed E-state index contributed by atoms with van der Waals surface area (Å²) in [6.45, 7) is 2.99. The van der Waals surface area contributed by atoms with E-state index in [0.717, 1.165) is 0 Å². The largest absolute Gasteiger partial charge is 0.477 e. The summed E-state index contributed by atoms with van der Waals surface area (Å²) in [5.41, 5.74) is -1.34. The van der Waals surface area contributed by atoms with E-state index in [9.17, 15) is 9.90 Å². The number of aromatic nitrogens is 2. The number of carbonyl (C=O) groups is 1. The number of aliphatic hydroxyl groups is 1. The van der Waals surface area contributed by atoms with Gasteiger partial charge in [-0.1, -0.05) is 0 Å². The van der Waals surface area contributed by atoms with Crippen LogP contribution in [0.15, 0.2) is 12.3 Å². The number of aromatic carboxylic acids is 1. The minimum absolute atomic E-state index is 0.104. The monoisotopic (exact) mass is 182 g/mol. The number of rotatable bonds is 2. The predicted molar refractivity (Wildman–Crippen MR) is 44.2 cm³/mol. The van der Waals surface area contributed by atoms with Gasteiger partial charge in [0.15, 0.2) is 11.5 Å². The summed E-state index contributed by atoms with van der Waals surface area (Å²) >= 11 is 0. The third-order valence-corrected chi connectivity index (χ3v) is 1.42. The summed E-state index contributed by atoms with van der Waals surface area (Å²) in [4.78, 5) is 18.0. The fourth-order valence-corrected chi connectivity index (χ4v) is 0.773. The van der Waals surface area contributed by atoms with Crippen LogP contribution < -0.4 is 0 Å². The van der Waals surface area contributed by atoms with Crippen molar-refractivity contribution in [3.63, 3.8) is 0 Å². The van der Waals surface area contributed by atoms with Crippen LogP contribution in [0.25, 0.3) is 0 Å². The summed E-state index contributed by atoms with van der Waals surface area (Å²) in [6, 6.07) is 1.28. The molecule has 2 N–H and O–H groups in total. The lowest BCUT2D eigenvalue weighted by atomic mass is 10.1. The van der Waals surface area contributed by atoms with Crippen LogP contribution in [0.2, 0.25) is 0 Å². The third-order valence-electron chi connectivity index (χ3n) is 1.42. The van der Waals surface area contributed by atoms with Gasteiger partial charge in [-0.3, -0.25) is 0 Å². The maximum atomic E-state index is 10.5. The van der Waals surface area contributed by atoms with Gasteiger partial charge in [0.05, 0.1) is 0 Å². The molecular formula is C8H10N2O3. The summed E-state index contributed by atoms with van der Waals surface area (Å²) in [7, 11) is 0. The molecule has 0 aliphatic heterocycles. The van der Waals surface area contributed by atoms with E-state index in [-0.39, 0.29) is 11.5 Å². The Balaban J connectivity index is 3.13. The Morgan fingerprint density at radius 3 is 2.62 bits per heavy atom. The van der Waals surface area contributed by atoms with Gasteiger partial charge in [0, 0.05) is 6.20 Å². The molecule has 0 aliphatic carbocycles. The van der Waals surface area contributed by atoms with E-state index < -0.39 is 11.6 Å². The van der Waals surface area contributed by atoms with Crippen molar-refractivity contribution in [3.8, 4) is 0 Å². The second kappa shape index (κ2) is 3.10. The maximum Gasteiger partial charge on any atom is 0.354 e. The molecule has 0 spiro atoms. The summed E-state index contributed by atoms with van der Waals surface area (Å²) in [6.07, 6.45) is 1.31. The predicted octanol–water partition coefficient (Wildman–Crippen LogP) is 0.402. The Bertz CT molecular complexity index is 330. The average molecular weight is 182 g/mol. The van der Waals surface area contributed by atoms with Crippen LogP contribution in [0, 0.1) is 0 Å². The first-order chi connectivity index (χ1) is 5.91. The topological polar surface area (TPSA) is 83.3 Å². The highest BCUT2D eigenvalue weighted by Gasteiger charge is 2.20. The van der Waals surface area contributed by atoms with Gasteiger partial charge in [-0.15, -0.1) is 0 Å². The number of nitrogens with zero attached hydrogens (tertiary/aromatic N) is 2. The van der Waals surface area contributed by atoms with Crippen LogP contribution in [0.3, 0.4) is 0 Å². The minimum atomic E-state index is -1.22. The van der Waals surface area contributed by atoms with Crippen LogP contribution in [-0.4, -0.2) is 26.2 Å². The van der Waals surface area contributed by atoms with Gasteiger partial charge in [-0.2, -0.15) is 0 Å². The Morgan fingerprint density at radius 2 is 2.15 bits per heavy atom. The molecule has 5 heteroatoms. The Labute approximate surface area is 75.1 Å². The van der Waals surface area contributed by atoms with Crippen LogP contribution in [0.5, 0.6) is 0 Å². The number of hydrogen-bond donors (Lipinski definition) is 2. The molecule has 0 fully saturated rings. The highest BCUT2D eigenvalue weighted by atomic mass is 16.4. The van der Waals surface area contributed by atoms with Crippen LogP contribution in [-0.2, 0) is 5.60 Å². The SMILES string of the molecule is CC(C)(O)c1nccc(C(=O)O)n1. The molecule has 0 aliphatic rings. The fraction of sp³-hybridized carbons (Fsp3) is 0.375. The highest BCUT2D eigenvalue weighted by Crippen LogP contribution is 2.14. The molecule has 70 valence electrons. The molecule has 5 nitrogen and oxygen atoms in total. The highest BCUT2D eigenvalue weighted by molar-refractivity contribution is 5.85. The average Bonchev–Trinajstić information content (AvgIpc) is 2.03. The number of hydrogen-bond acceptors (Lipinski definition) is 4. The van der Waals surface area contributed by atoms with E-state index in [0.29, 0.717) is 0 Å². The van der Waals surface area contributed by atoms with Crippen molar-refractivity contribution in [3.05, 3.63) is 23.8 Å². The molecule has 1 heterocycles. The molecule has 0 unspecified atom stereocenters. The maximum absolute atomic E-state index is 10.5. The molecule has 0 bridgehead atoms. The molecule has 0 aromatic carbocycles. The zero-order valence-corrected chi connectivity index (χ0v) is 7.35. The molecule has 1 aromatic rings. The second-order valence-electron chi connectivity index (χ2n) is 3.13. The first kappa shape index (κ1) is 9.60. The minimum Gasteiger partial charge on any atom is -0.477 e. The smallest absolute Gasteiger partial charge is 0.354 e. The lowest BCUT2D eigenvalue weighted by molar-refractivity contribution is 0.0649. The molecule has 1 rings (SSSR count). The van der Waals surface area contributed by atoms with Gasteiger partial charge in [0.1, 0.15) is 5.60 Å². The van der Waals surface area contributed by atoms with E-state index in [1.54, 1.807) is 0 Å². The van der Waals surface area contributed by atoms with E-state index >= 15 is 0 Å². The molecule has 0 atom stereocenters. The van der Waals surface area contributed by atoms with Crippen LogP contribution in [0.1, 0.15) is 30.2 Å². The van der Waals surface area contributed by atoms with Gasteiger partial charge in [-0.05, 0) is 19.9 Å². The number of carboxylic acids is 1. The normalized spacial score (nSPS) is 11.3. The van der Waals surface area contributed by atoms with E-state index in [1.807, 2.05) is 0 Å². The quantitative estimate of drug-likeness (QED) is 0.691. The van der Waals surface area contributed by atoms with Crippen molar-refractivity contribution in [2.75, 3.05) is 0 Å². The zero-order chi connectivity index (χ0) is 10.1. The van der Waals surface area contributed by atoms with E-state index in [4.69, 9.17) is 5.11 Å².